The molecule has 1 aromatic carbocycles. The smallest absolute Gasteiger partial charge is 0.286 e. The van der Waals surface area contributed by atoms with Gasteiger partial charge in [-0.05, 0) is 56.9 Å². The normalized spacial score (nSPS) is 17.3. The lowest BCUT2D eigenvalue weighted by atomic mass is 10.1. The summed E-state index contributed by atoms with van der Waals surface area (Å²) < 4.78 is 5.78. The number of thioether (sulfide) groups is 1. The Morgan fingerprint density at radius 2 is 1.97 bits per heavy atom. The number of aliphatic hydroxyl groups is 1. The van der Waals surface area contributed by atoms with E-state index in [0.717, 1.165) is 40.2 Å². The summed E-state index contributed by atoms with van der Waals surface area (Å²) in [5.74, 6) is 1.12. The first-order chi connectivity index (χ1) is 14.5. The maximum atomic E-state index is 11.6. The van der Waals surface area contributed by atoms with Crippen LogP contribution in [-0.4, -0.2) is 31.5 Å². The number of rotatable bonds is 8. The number of aliphatic hydroxyl groups excluding tert-OH is 1. The summed E-state index contributed by atoms with van der Waals surface area (Å²) >= 11 is 1.03. The van der Waals surface area contributed by atoms with Gasteiger partial charge < -0.3 is 14.5 Å². The van der Waals surface area contributed by atoms with E-state index in [1.165, 1.54) is 0 Å². The lowest BCUT2D eigenvalue weighted by molar-refractivity contribution is -0.119. The van der Waals surface area contributed by atoms with Crippen LogP contribution in [0.25, 0.3) is 11.5 Å². The van der Waals surface area contributed by atoms with Gasteiger partial charge in [-0.2, -0.15) is 0 Å². The van der Waals surface area contributed by atoms with Crippen LogP contribution in [0.4, 0.5) is 4.79 Å². The topological polar surface area (TPSA) is 108 Å². The summed E-state index contributed by atoms with van der Waals surface area (Å²) in [4.78, 5) is 30.7. The molecule has 2 unspecified atom stereocenters. The first-order valence-corrected chi connectivity index (χ1v) is 10.8. The summed E-state index contributed by atoms with van der Waals surface area (Å²) in [6.07, 6.45) is 1.66. The molecule has 156 valence electrons. The Kier molecular flexibility index (Phi) is 6.06. The molecule has 0 radical (unpaired) electrons. The molecular formula is C22H23N3O4S. The van der Waals surface area contributed by atoms with Crippen molar-refractivity contribution in [1.29, 1.82) is 0 Å². The van der Waals surface area contributed by atoms with E-state index in [1.54, 1.807) is 0 Å². The number of aromatic amines is 1. The number of carbonyl (C=O) groups is 2. The minimum absolute atomic E-state index is 0.227. The Morgan fingerprint density at radius 1 is 1.17 bits per heavy atom. The lowest BCUT2D eigenvalue weighted by Gasteiger charge is -2.08. The van der Waals surface area contributed by atoms with Gasteiger partial charge in [0.05, 0.1) is 17.0 Å². The van der Waals surface area contributed by atoms with E-state index >= 15 is 0 Å². The van der Waals surface area contributed by atoms with E-state index in [1.807, 2.05) is 49.4 Å². The van der Waals surface area contributed by atoms with Crippen molar-refractivity contribution in [3.63, 3.8) is 0 Å². The summed E-state index contributed by atoms with van der Waals surface area (Å²) in [7, 11) is 0. The number of aromatic nitrogens is 2. The number of nitrogens with one attached hydrogen (secondary N) is 2. The molecule has 1 aliphatic rings. The number of H-pyrrole nitrogens is 1. The molecule has 3 N–H and O–H groups in total. The van der Waals surface area contributed by atoms with Crippen molar-refractivity contribution in [2.24, 2.45) is 0 Å². The van der Waals surface area contributed by atoms with Crippen LogP contribution in [0.3, 0.4) is 0 Å². The fourth-order valence-corrected chi connectivity index (χ4v) is 4.28. The predicted octanol–water partition coefficient (Wildman–Crippen LogP) is 3.93. The van der Waals surface area contributed by atoms with Gasteiger partial charge in [0.15, 0.2) is 0 Å². The molecule has 1 fully saturated rings. The van der Waals surface area contributed by atoms with Crippen LogP contribution in [0.1, 0.15) is 41.8 Å². The highest BCUT2D eigenvalue weighted by Crippen LogP contribution is 2.26. The van der Waals surface area contributed by atoms with Crippen LogP contribution in [0.15, 0.2) is 46.9 Å². The number of oxazole rings is 1. The first-order valence-electron chi connectivity index (χ1n) is 9.88. The molecule has 0 spiro atoms. The Hall–Kier alpha value is -2.84. The molecule has 0 aliphatic carbocycles. The minimum Gasteiger partial charge on any atom is -0.441 e. The molecule has 0 bridgehead atoms. The molecule has 1 saturated heterocycles. The van der Waals surface area contributed by atoms with Gasteiger partial charge in [-0.3, -0.25) is 14.9 Å². The van der Waals surface area contributed by atoms with E-state index in [2.05, 4.69) is 15.3 Å². The van der Waals surface area contributed by atoms with E-state index in [4.69, 9.17) is 4.42 Å². The standard InChI is InChI=1S/C22H23N3O4S/c1-13-16(24-21(29-13)14-5-3-2-4-6-14)10-11-18(26)17-9-7-15(23-17)8-12-19-20(27)25-22(28)30-19/h2-7,9,18-19,23,26H,8,10-12H2,1H3,(H,25,27,28). The zero-order valence-corrected chi connectivity index (χ0v) is 17.4. The molecule has 3 heterocycles. The van der Waals surface area contributed by atoms with Crippen LogP contribution in [0.2, 0.25) is 0 Å². The Morgan fingerprint density at radius 3 is 2.70 bits per heavy atom. The molecule has 8 heteroatoms. The number of hydrogen-bond donors (Lipinski definition) is 3. The molecule has 4 rings (SSSR count). The third-order valence-electron chi connectivity index (χ3n) is 5.14. The minimum atomic E-state index is -0.652. The number of carbonyl (C=O) groups excluding carboxylic acids is 2. The SMILES string of the molecule is Cc1oc(-c2ccccc2)nc1CCC(O)c1ccc(CCC2SC(=O)NC2=O)[nH]1. The van der Waals surface area contributed by atoms with Crippen LogP contribution in [-0.2, 0) is 17.6 Å². The van der Waals surface area contributed by atoms with Gasteiger partial charge in [0.2, 0.25) is 11.8 Å². The average molecular weight is 426 g/mol. The molecule has 7 nitrogen and oxygen atoms in total. The van der Waals surface area contributed by atoms with Gasteiger partial charge in [0.25, 0.3) is 5.24 Å². The maximum absolute atomic E-state index is 11.6. The molecule has 2 aromatic heterocycles. The molecule has 30 heavy (non-hydrogen) atoms. The lowest BCUT2D eigenvalue weighted by Crippen LogP contribution is -2.24. The van der Waals surface area contributed by atoms with Crippen LogP contribution in [0, 0.1) is 6.92 Å². The largest absolute Gasteiger partial charge is 0.441 e. The summed E-state index contributed by atoms with van der Waals surface area (Å²) in [5.41, 5.74) is 3.43. The van der Waals surface area contributed by atoms with Crippen molar-refractivity contribution in [2.75, 3.05) is 0 Å². The van der Waals surface area contributed by atoms with Crippen molar-refractivity contribution in [1.82, 2.24) is 15.3 Å². The monoisotopic (exact) mass is 425 g/mol. The Labute approximate surface area is 178 Å². The Balaban J connectivity index is 1.32. The summed E-state index contributed by atoms with van der Waals surface area (Å²) in [6.45, 7) is 1.88. The highest BCUT2D eigenvalue weighted by molar-refractivity contribution is 8.15. The molecule has 3 aromatic rings. The van der Waals surface area contributed by atoms with Gasteiger partial charge >= 0.3 is 0 Å². The van der Waals surface area contributed by atoms with Crippen LogP contribution < -0.4 is 5.32 Å². The molecule has 1 aliphatic heterocycles. The number of hydrogen-bond acceptors (Lipinski definition) is 6. The predicted molar refractivity (Wildman–Crippen MR) is 114 cm³/mol. The average Bonchev–Trinajstić information content (AvgIpc) is 3.44. The zero-order valence-electron chi connectivity index (χ0n) is 16.6. The van der Waals surface area contributed by atoms with Crippen LogP contribution in [0.5, 0.6) is 0 Å². The third kappa shape index (κ3) is 4.66. The first kappa shape index (κ1) is 20.4. The maximum Gasteiger partial charge on any atom is 0.286 e. The zero-order chi connectivity index (χ0) is 21.1. The van der Waals surface area contributed by atoms with Gasteiger partial charge in [-0.25, -0.2) is 4.98 Å². The van der Waals surface area contributed by atoms with Gasteiger partial charge in [0, 0.05) is 17.0 Å². The van der Waals surface area contributed by atoms with Crippen LogP contribution >= 0.6 is 11.8 Å². The van der Waals surface area contributed by atoms with Gasteiger partial charge in [-0.15, -0.1) is 0 Å². The second kappa shape index (κ2) is 8.89. The molecule has 2 atom stereocenters. The number of amides is 2. The van der Waals surface area contributed by atoms with Gasteiger partial charge in [0.1, 0.15) is 5.76 Å². The molecule has 0 saturated carbocycles. The van der Waals surface area contributed by atoms with E-state index in [-0.39, 0.29) is 16.4 Å². The number of nitrogens with zero attached hydrogens (tertiary/aromatic N) is 1. The second-order valence-corrected chi connectivity index (χ2v) is 8.48. The number of aryl methyl sites for hydroxylation is 3. The van der Waals surface area contributed by atoms with E-state index in [9.17, 15) is 14.7 Å². The highest BCUT2D eigenvalue weighted by atomic mass is 32.2. The Bertz CT molecular complexity index is 1040. The summed E-state index contributed by atoms with van der Waals surface area (Å²) in [6, 6.07) is 13.5. The third-order valence-corrected chi connectivity index (χ3v) is 6.19. The number of imide groups is 1. The van der Waals surface area contributed by atoms with Crippen molar-refractivity contribution in [3.05, 3.63) is 65.3 Å². The quantitative estimate of drug-likeness (QED) is 0.505. The molecular weight excluding hydrogens is 402 g/mol. The summed E-state index contributed by atoms with van der Waals surface area (Å²) in [5, 5.41) is 12.2. The second-order valence-electron chi connectivity index (χ2n) is 7.30. The van der Waals surface area contributed by atoms with E-state index in [0.29, 0.717) is 31.6 Å². The van der Waals surface area contributed by atoms with Crippen molar-refractivity contribution in [2.45, 2.75) is 44.0 Å². The number of benzene rings is 1. The van der Waals surface area contributed by atoms with Crippen molar-refractivity contribution in [3.8, 4) is 11.5 Å². The fourth-order valence-electron chi connectivity index (χ4n) is 3.46. The van der Waals surface area contributed by atoms with Crippen molar-refractivity contribution >= 4 is 22.9 Å². The van der Waals surface area contributed by atoms with Crippen molar-refractivity contribution < 1.29 is 19.1 Å². The highest BCUT2D eigenvalue weighted by Gasteiger charge is 2.31. The van der Waals surface area contributed by atoms with E-state index < -0.39 is 6.10 Å². The van der Waals surface area contributed by atoms with Gasteiger partial charge in [-0.1, -0.05) is 30.0 Å². The fraction of sp³-hybridized carbons (Fsp3) is 0.318. The molecule has 2 amide bonds.